The SMILES string of the molecule is COC(CC1C(C(OC(=O)O)C(Cl)(Cl)Cl)C1(C)C)OC. The van der Waals surface area contributed by atoms with Gasteiger partial charge in [0.15, 0.2) is 12.4 Å². The molecule has 0 aliphatic heterocycles. The van der Waals surface area contributed by atoms with Crippen LogP contribution >= 0.6 is 34.8 Å². The van der Waals surface area contributed by atoms with Crippen molar-refractivity contribution in [3.05, 3.63) is 0 Å². The molecule has 20 heavy (non-hydrogen) atoms. The molecule has 1 fully saturated rings. The Labute approximate surface area is 133 Å². The van der Waals surface area contributed by atoms with E-state index in [-0.39, 0.29) is 23.5 Å². The summed E-state index contributed by atoms with van der Waals surface area (Å²) in [7, 11) is 3.08. The molecule has 1 saturated carbocycles. The van der Waals surface area contributed by atoms with Crippen molar-refractivity contribution in [1.82, 2.24) is 0 Å². The second-order valence-corrected chi connectivity index (χ2v) is 7.81. The van der Waals surface area contributed by atoms with Crippen LogP contribution in [0.15, 0.2) is 0 Å². The Morgan fingerprint density at radius 3 is 2.15 bits per heavy atom. The van der Waals surface area contributed by atoms with Gasteiger partial charge in [-0.15, -0.1) is 0 Å². The molecule has 1 rings (SSSR count). The lowest BCUT2D eigenvalue weighted by Gasteiger charge is -2.24. The van der Waals surface area contributed by atoms with E-state index in [1.807, 2.05) is 13.8 Å². The van der Waals surface area contributed by atoms with Crippen molar-refractivity contribution in [1.29, 1.82) is 0 Å². The average molecular weight is 350 g/mol. The number of hydrogen-bond donors (Lipinski definition) is 1. The third kappa shape index (κ3) is 4.04. The molecule has 0 heterocycles. The van der Waals surface area contributed by atoms with Crippen LogP contribution in [0.3, 0.4) is 0 Å². The molecule has 1 aliphatic rings. The summed E-state index contributed by atoms with van der Waals surface area (Å²) in [6, 6.07) is 0. The van der Waals surface area contributed by atoms with Crippen LogP contribution in [0.4, 0.5) is 4.79 Å². The first-order valence-corrected chi connectivity index (χ1v) is 7.21. The minimum atomic E-state index is -1.81. The van der Waals surface area contributed by atoms with Crippen molar-refractivity contribution < 1.29 is 24.1 Å². The molecule has 3 atom stereocenters. The summed E-state index contributed by atoms with van der Waals surface area (Å²) in [5.41, 5.74) is -0.223. The number of carboxylic acid groups (broad SMARTS) is 1. The van der Waals surface area contributed by atoms with Crippen LogP contribution in [-0.2, 0) is 14.2 Å². The van der Waals surface area contributed by atoms with Gasteiger partial charge in [-0.25, -0.2) is 4.79 Å². The lowest BCUT2D eigenvalue weighted by Crippen LogP contribution is -2.34. The maximum Gasteiger partial charge on any atom is 0.506 e. The van der Waals surface area contributed by atoms with Crippen molar-refractivity contribution in [2.24, 2.45) is 17.3 Å². The van der Waals surface area contributed by atoms with Crippen LogP contribution in [0.1, 0.15) is 20.3 Å². The zero-order valence-electron chi connectivity index (χ0n) is 11.7. The Morgan fingerprint density at radius 2 is 1.80 bits per heavy atom. The molecule has 1 aliphatic carbocycles. The van der Waals surface area contributed by atoms with E-state index < -0.39 is 16.1 Å². The van der Waals surface area contributed by atoms with Crippen molar-refractivity contribution in [2.45, 2.75) is 36.5 Å². The highest BCUT2D eigenvalue weighted by Crippen LogP contribution is 2.65. The number of hydrogen-bond acceptors (Lipinski definition) is 4. The zero-order chi connectivity index (χ0) is 15.7. The van der Waals surface area contributed by atoms with Crippen molar-refractivity contribution in [3.8, 4) is 0 Å². The second-order valence-electron chi connectivity index (χ2n) is 5.44. The Bertz CT molecular complexity index is 351. The largest absolute Gasteiger partial charge is 0.506 e. The quantitative estimate of drug-likeness (QED) is 0.450. The molecule has 118 valence electrons. The molecule has 1 N–H and O–H groups in total. The van der Waals surface area contributed by atoms with Gasteiger partial charge in [0, 0.05) is 26.6 Å². The molecule has 0 radical (unpaired) electrons. The van der Waals surface area contributed by atoms with Crippen molar-refractivity contribution in [2.75, 3.05) is 14.2 Å². The summed E-state index contributed by atoms with van der Waals surface area (Å²) < 4.78 is 13.3. The van der Waals surface area contributed by atoms with Gasteiger partial charge in [-0.2, -0.15) is 0 Å². The molecule has 0 amide bonds. The fourth-order valence-electron chi connectivity index (χ4n) is 2.79. The summed E-state index contributed by atoms with van der Waals surface area (Å²) in [4.78, 5) is 10.8. The van der Waals surface area contributed by atoms with Crippen molar-refractivity contribution in [3.63, 3.8) is 0 Å². The van der Waals surface area contributed by atoms with Gasteiger partial charge in [0.2, 0.25) is 3.79 Å². The van der Waals surface area contributed by atoms with Crippen molar-refractivity contribution >= 4 is 41.0 Å². The molecule has 0 spiro atoms. The predicted molar refractivity (Wildman–Crippen MR) is 76.4 cm³/mol. The summed E-state index contributed by atoms with van der Waals surface area (Å²) >= 11 is 17.6. The Kier molecular flexibility index (Phi) is 5.83. The topological polar surface area (TPSA) is 65.0 Å². The first kappa shape index (κ1) is 18.1. The van der Waals surface area contributed by atoms with Gasteiger partial charge >= 0.3 is 6.16 Å². The van der Waals surface area contributed by atoms with E-state index in [0.717, 1.165) is 0 Å². The lowest BCUT2D eigenvalue weighted by molar-refractivity contribution is -0.111. The van der Waals surface area contributed by atoms with E-state index >= 15 is 0 Å². The van der Waals surface area contributed by atoms with Gasteiger partial charge in [-0.1, -0.05) is 48.7 Å². The predicted octanol–water partition coefficient (Wildman–Crippen LogP) is 3.70. The molecule has 0 aromatic rings. The van der Waals surface area contributed by atoms with Crippen LogP contribution in [-0.4, -0.2) is 41.7 Å². The highest BCUT2D eigenvalue weighted by Gasteiger charge is 2.66. The number of alkyl halides is 3. The zero-order valence-corrected chi connectivity index (χ0v) is 14.0. The van der Waals surface area contributed by atoms with Crippen LogP contribution < -0.4 is 0 Å². The van der Waals surface area contributed by atoms with E-state index in [4.69, 9.17) is 54.1 Å². The highest BCUT2D eigenvalue weighted by molar-refractivity contribution is 6.68. The molecule has 0 bridgehead atoms. The number of carbonyl (C=O) groups is 1. The standard InChI is InChI=1S/C12H19Cl3O5/c1-11(2)6(5-7(18-3)19-4)8(11)9(12(13,14)15)20-10(16)17/h6-9H,5H2,1-4H3,(H,16,17). The van der Waals surface area contributed by atoms with E-state index in [1.165, 1.54) is 0 Å². The summed E-state index contributed by atoms with van der Waals surface area (Å²) in [6.07, 6.45) is -2.30. The van der Waals surface area contributed by atoms with Gasteiger partial charge in [-0.05, 0) is 11.3 Å². The maximum atomic E-state index is 10.8. The molecular weight excluding hydrogens is 330 g/mol. The fraction of sp³-hybridized carbons (Fsp3) is 0.917. The maximum absolute atomic E-state index is 10.8. The summed E-state index contributed by atoms with van der Waals surface area (Å²) in [5.74, 6) is -0.133. The van der Waals surface area contributed by atoms with Crippen LogP contribution in [0.25, 0.3) is 0 Å². The molecular formula is C12H19Cl3O5. The molecule has 0 aromatic heterocycles. The third-order valence-corrected chi connectivity index (χ3v) is 4.63. The minimum Gasteiger partial charge on any atom is -0.450 e. The lowest BCUT2D eigenvalue weighted by atomic mass is 10.1. The Hall–Kier alpha value is 0.0600. The first-order chi connectivity index (χ1) is 9.05. The smallest absolute Gasteiger partial charge is 0.450 e. The minimum absolute atomic E-state index is 0.0763. The van der Waals surface area contributed by atoms with E-state index in [2.05, 4.69) is 0 Å². The average Bonchev–Trinajstić information content (AvgIpc) is 2.82. The van der Waals surface area contributed by atoms with E-state index in [9.17, 15) is 4.79 Å². The summed E-state index contributed by atoms with van der Waals surface area (Å²) in [5, 5.41) is 8.81. The number of methoxy groups -OCH3 is 2. The molecule has 8 heteroatoms. The van der Waals surface area contributed by atoms with Crippen LogP contribution in [0, 0.1) is 17.3 Å². The van der Waals surface area contributed by atoms with Gasteiger partial charge in [0.05, 0.1) is 0 Å². The van der Waals surface area contributed by atoms with Crippen LogP contribution in [0.5, 0.6) is 0 Å². The molecule has 0 saturated heterocycles. The number of rotatable bonds is 6. The second kappa shape index (κ2) is 6.44. The van der Waals surface area contributed by atoms with E-state index in [0.29, 0.717) is 6.42 Å². The Morgan fingerprint density at radius 1 is 1.30 bits per heavy atom. The van der Waals surface area contributed by atoms with Gasteiger partial charge in [-0.3, -0.25) is 0 Å². The van der Waals surface area contributed by atoms with Crippen LogP contribution in [0.2, 0.25) is 0 Å². The normalized spacial score (nSPS) is 26.4. The fourth-order valence-corrected chi connectivity index (χ4v) is 3.33. The number of ether oxygens (including phenoxy) is 3. The van der Waals surface area contributed by atoms with E-state index in [1.54, 1.807) is 14.2 Å². The monoisotopic (exact) mass is 348 g/mol. The summed E-state index contributed by atoms with van der Waals surface area (Å²) in [6.45, 7) is 3.94. The van der Waals surface area contributed by atoms with Gasteiger partial charge < -0.3 is 19.3 Å². The molecule has 3 unspecified atom stereocenters. The molecule has 5 nitrogen and oxygen atoms in total. The highest BCUT2D eigenvalue weighted by atomic mass is 35.6. The third-order valence-electron chi connectivity index (χ3n) is 3.99. The molecule has 0 aromatic carbocycles. The first-order valence-electron chi connectivity index (χ1n) is 6.07. The number of halogens is 3. The van der Waals surface area contributed by atoms with Gasteiger partial charge in [0.1, 0.15) is 0 Å². The Balaban J connectivity index is 2.84. The van der Waals surface area contributed by atoms with Gasteiger partial charge in [0.25, 0.3) is 0 Å².